The van der Waals surface area contributed by atoms with Gasteiger partial charge >= 0.3 is 0 Å². The van der Waals surface area contributed by atoms with E-state index in [1.807, 2.05) is 25.1 Å². The summed E-state index contributed by atoms with van der Waals surface area (Å²) >= 11 is 3.14. The summed E-state index contributed by atoms with van der Waals surface area (Å²) in [6.07, 6.45) is 3.13. The molecule has 1 aliphatic carbocycles. The smallest absolute Gasteiger partial charge is 0.263 e. The van der Waals surface area contributed by atoms with Gasteiger partial charge < -0.3 is 0 Å². The van der Waals surface area contributed by atoms with E-state index in [-0.39, 0.29) is 11.1 Å². The van der Waals surface area contributed by atoms with Crippen LogP contribution in [0.15, 0.2) is 39.0 Å². The minimum absolute atomic E-state index is 0.0578. The molecule has 8 heteroatoms. The van der Waals surface area contributed by atoms with Crippen molar-refractivity contribution in [2.45, 2.75) is 50.6 Å². The highest BCUT2D eigenvalue weighted by Crippen LogP contribution is 2.36. The van der Waals surface area contributed by atoms with Gasteiger partial charge in [-0.25, -0.2) is 9.97 Å². The molecule has 0 saturated carbocycles. The summed E-state index contributed by atoms with van der Waals surface area (Å²) in [6.45, 7) is 4.81. The van der Waals surface area contributed by atoms with E-state index in [0.717, 1.165) is 29.5 Å². The number of nitrogens with zero attached hydrogens (tertiary/aromatic N) is 4. The molecule has 0 aliphatic heterocycles. The zero-order valence-electron chi connectivity index (χ0n) is 17.8. The van der Waals surface area contributed by atoms with Crippen molar-refractivity contribution in [1.29, 1.82) is 0 Å². The Hall–Kier alpha value is -2.45. The molecule has 3 heterocycles. The lowest BCUT2D eigenvalue weighted by atomic mass is 9.89. The van der Waals surface area contributed by atoms with E-state index in [4.69, 9.17) is 4.98 Å². The molecule has 0 spiro atoms. The fourth-order valence-corrected chi connectivity index (χ4v) is 6.79. The van der Waals surface area contributed by atoms with Crippen molar-refractivity contribution in [3.05, 3.63) is 61.2 Å². The summed E-state index contributed by atoms with van der Waals surface area (Å²) in [6, 6.07) is 7.38. The molecule has 0 N–H and O–H groups in total. The normalized spacial score (nSPS) is 16.2. The lowest BCUT2D eigenvalue weighted by molar-refractivity contribution is 0.509. The highest BCUT2D eigenvalue weighted by Gasteiger charge is 2.24. The number of aromatic nitrogens is 4. The second kappa shape index (κ2) is 7.91. The van der Waals surface area contributed by atoms with Gasteiger partial charge in [0.1, 0.15) is 10.7 Å². The van der Waals surface area contributed by atoms with E-state index >= 15 is 0 Å². The van der Waals surface area contributed by atoms with Crippen LogP contribution in [-0.2, 0) is 32.2 Å². The SMILES string of the molecule is CCn1c(SCc2nc3ccccc3c(=O)n2C)nc2sc3c(c2c1=O)CCC(C)C3. The van der Waals surface area contributed by atoms with E-state index in [9.17, 15) is 9.59 Å². The van der Waals surface area contributed by atoms with Crippen molar-refractivity contribution in [3.63, 3.8) is 0 Å². The van der Waals surface area contributed by atoms with Gasteiger partial charge in [-0.05, 0) is 49.8 Å². The molecule has 0 amide bonds. The molecule has 0 radical (unpaired) electrons. The Bertz CT molecular complexity index is 1430. The summed E-state index contributed by atoms with van der Waals surface area (Å²) in [5, 5.41) is 2.12. The first kappa shape index (κ1) is 20.5. The Labute approximate surface area is 188 Å². The van der Waals surface area contributed by atoms with E-state index in [0.29, 0.717) is 40.1 Å². The third-order valence-corrected chi connectivity index (χ3v) is 8.22. The Morgan fingerprint density at radius 1 is 1.19 bits per heavy atom. The topological polar surface area (TPSA) is 69.8 Å². The maximum Gasteiger partial charge on any atom is 0.263 e. The predicted molar refractivity (Wildman–Crippen MR) is 127 cm³/mol. The average Bonchev–Trinajstić information content (AvgIpc) is 3.12. The molecular weight excluding hydrogens is 428 g/mol. The van der Waals surface area contributed by atoms with Crippen molar-refractivity contribution in [1.82, 2.24) is 19.1 Å². The molecule has 0 bridgehead atoms. The number of para-hydroxylation sites is 1. The first-order valence-electron chi connectivity index (χ1n) is 10.6. The molecule has 31 heavy (non-hydrogen) atoms. The molecule has 3 aromatic heterocycles. The van der Waals surface area contributed by atoms with Gasteiger partial charge in [0.25, 0.3) is 11.1 Å². The number of thiophene rings is 1. The third-order valence-electron chi connectivity index (χ3n) is 6.10. The van der Waals surface area contributed by atoms with Gasteiger partial charge in [-0.2, -0.15) is 0 Å². The van der Waals surface area contributed by atoms with Crippen molar-refractivity contribution in [3.8, 4) is 0 Å². The summed E-state index contributed by atoms with van der Waals surface area (Å²) < 4.78 is 3.35. The van der Waals surface area contributed by atoms with Gasteiger partial charge in [0.2, 0.25) is 0 Å². The highest BCUT2D eigenvalue weighted by atomic mass is 32.2. The fraction of sp³-hybridized carbons (Fsp3) is 0.391. The first-order valence-corrected chi connectivity index (χ1v) is 12.4. The minimum Gasteiger partial charge on any atom is -0.299 e. The quantitative estimate of drug-likeness (QED) is 0.344. The molecule has 4 aromatic rings. The zero-order chi connectivity index (χ0) is 21.7. The maximum absolute atomic E-state index is 13.3. The lowest BCUT2D eigenvalue weighted by Crippen LogP contribution is -2.24. The lowest BCUT2D eigenvalue weighted by Gasteiger charge is -2.17. The van der Waals surface area contributed by atoms with Crippen LogP contribution in [0.2, 0.25) is 0 Å². The molecular formula is C23H24N4O2S2. The van der Waals surface area contributed by atoms with Gasteiger partial charge in [-0.3, -0.25) is 18.7 Å². The van der Waals surface area contributed by atoms with Crippen LogP contribution in [0.25, 0.3) is 21.1 Å². The number of fused-ring (bicyclic) bond motifs is 4. The largest absolute Gasteiger partial charge is 0.299 e. The summed E-state index contributed by atoms with van der Waals surface area (Å²) in [4.78, 5) is 37.8. The van der Waals surface area contributed by atoms with Crippen molar-refractivity contribution >= 4 is 44.2 Å². The monoisotopic (exact) mass is 452 g/mol. The number of rotatable bonds is 4. The molecule has 0 fully saturated rings. The van der Waals surface area contributed by atoms with Gasteiger partial charge in [-0.15, -0.1) is 11.3 Å². The van der Waals surface area contributed by atoms with Crippen LogP contribution < -0.4 is 11.1 Å². The fourth-order valence-electron chi connectivity index (χ4n) is 4.32. The van der Waals surface area contributed by atoms with E-state index in [2.05, 4.69) is 11.9 Å². The minimum atomic E-state index is -0.0578. The third kappa shape index (κ3) is 3.42. The predicted octanol–water partition coefficient (Wildman–Crippen LogP) is 4.14. The molecule has 0 saturated heterocycles. The van der Waals surface area contributed by atoms with Crippen LogP contribution in [0.1, 0.15) is 36.5 Å². The number of thioether (sulfide) groups is 1. The first-order chi connectivity index (χ1) is 15.0. The number of hydrogen-bond donors (Lipinski definition) is 0. The van der Waals surface area contributed by atoms with Crippen molar-refractivity contribution < 1.29 is 0 Å². The molecule has 1 unspecified atom stereocenters. The molecule has 6 nitrogen and oxygen atoms in total. The van der Waals surface area contributed by atoms with Crippen molar-refractivity contribution in [2.24, 2.45) is 13.0 Å². The number of hydrogen-bond acceptors (Lipinski definition) is 6. The number of benzene rings is 1. The standard InChI is InChI=1S/C23H24N4O2S2/c1-4-27-22(29)19-15-10-9-13(2)11-17(15)31-20(19)25-23(27)30-12-18-24-16-8-6-5-7-14(16)21(28)26(18)3/h5-8,13H,4,9-12H2,1-3H3. The molecule has 1 aliphatic rings. The second-order valence-corrected chi connectivity index (χ2v) is 10.2. The second-order valence-electron chi connectivity index (χ2n) is 8.17. The van der Waals surface area contributed by atoms with Gasteiger partial charge in [-0.1, -0.05) is 30.8 Å². The Morgan fingerprint density at radius 2 is 2.00 bits per heavy atom. The van der Waals surface area contributed by atoms with Crippen LogP contribution in [0, 0.1) is 5.92 Å². The summed E-state index contributed by atoms with van der Waals surface area (Å²) in [7, 11) is 1.75. The van der Waals surface area contributed by atoms with Gasteiger partial charge in [0.05, 0.1) is 22.0 Å². The summed E-state index contributed by atoms with van der Waals surface area (Å²) in [5.41, 5.74) is 1.91. The molecule has 160 valence electrons. The maximum atomic E-state index is 13.3. The van der Waals surface area contributed by atoms with Crippen LogP contribution >= 0.6 is 23.1 Å². The zero-order valence-corrected chi connectivity index (χ0v) is 19.5. The van der Waals surface area contributed by atoms with E-state index < -0.39 is 0 Å². The van der Waals surface area contributed by atoms with Crippen LogP contribution in [0.5, 0.6) is 0 Å². The molecule has 5 rings (SSSR count). The van der Waals surface area contributed by atoms with Gasteiger partial charge in [0, 0.05) is 18.5 Å². The average molecular weight is 453 g/mol. The molecule has 1 atom stereocenters. The van der Waals surface area contributed by atoms with Crippen LogP contribution in [0.4, 0.5) is 0 Å². The Morgan fingerprint density at radius 3 is 2.81 bits per heavy atom. The highest BCUT2D eigenvalue weighted by molar-refractivity contribution is 7.98. The van der Waals surface area contributed by atoms with E-state index in [1.165, 1.54) is 22.2 Å². The van der Waals surface area contributed by atoms with Gasteiger partial charge in [0.15, 0.2) is 5.16 Å². The number of aryl methyl sites for hydroxylation is 1. The Balaban J connectivity index is 1.55. The van der Waals surface area contributed by atoms with Crippen molar-refractivity contribution in [2.75, 3.05) is 0 Å². The van der Waals surface area contributed by atoms with E-state index in [1.54, 1.807) is 33.6 Å². The van der Waals surface area contributed by atoms with Crippen LogP contribution in [-0.4, -0.2) is 19.1 Å². The summed E-state index contributed by atoms with van der Waals surface area (Å²) in [5.74, 6) is 1.80. The Kier molecular flexibility index (Phi) is 5.22. The molecule has 1 aromatic carbocycles. The van der Waals surface area contributed by atoms with Crippen LogP contribution in [0.3, 0.4) is 0 Å².